The Morgan fingerprint density at radius 2 is 2.21 bits per heavy atom. The van der Waals surface area contributed by atoms with Gasteiger partial charge in [-0.3, -0.25) is 0 Å². The Hall–Kier alpha value is -1.16. The van der Waals surface area contributed by atoms with E-state index >= 15 is 0 Å². The highest BCUT2D eigenvalue weighted by Gasteiger charge is 2.22. The Morgan fingerprint density at radius 3 is 3.00 bits per heavy atom. The number of methoxy groups -OCH3 is 1. The van der Waals surface area contributed by atoms with Crippen LogP contribution in [-0.4, -0.2) is 36.8 Å². The van der Waals surface area contributed by atoms with Crippen molar-refractivity contribution in [1.29, 1.82) is 0 Å². The van der Waals surface area contributed by atoms with Crippen LogP contribution in [0.4, 0.5) is 5.82 Å². The zero-order chi connectivity index (χ0) is 13.7. The van der Waals surface area contributed by atoms with Gasteiger partial charge in [-0.1, -0.05) is 0 Å². The van der Waals surface area contributed by atoms with E-state index in [1.165, 1.54) is 24.8 Å². The van der Waals surface area contributed by atoms with Crippen molar-refractivity contribution in [1.82, 2.24) is 9.97 Å². The first kappa shape index (κ1) is 14.3. The molecule has 2 heterocycles. The minimum Gasteiger partial charge on any atom is -0.385 e. The zero-order valence-electron chi connectivity index (χ0n) is 12.4. The van der Waals surface area contributed by atoms with E-state index in [9.17, 15) is 0 Å². The molecule has 2 rings (SSSR count). The highest BCUT2D eigenvalue weighted by molar-refractivity contribution is 5.47. The van der Waals surface area contributed by atoms with E-state index < -0.39 is 0 Å². The first-order valence-corrected chi connectivity index (χ1v) is 7.24. The van der Waals surface area contributed by atoms with Crippen molar-refractivity contribution in [3.8, 4) is 0 Å². The molecule has 1 aliphatic heterocycles. The van der Waals surface area contributed by atoms with Crippen molar-refractivity contribution in [2.24, 2.45) is 5.92 Å². The van der Waals surface area contributed by atoms with E-state index in [-0.39, 0.29) is 0 Å². The van der Waals surface area contributed by atoms with Crippen LogP contribution in [0, 0.1) is 19.8 Å². The average molecular weight is 263 g/mol. The van der Waals surface area contributed by atoms with Crippen molar-refractivity contribution in [2.75, 3.05) is 31.7 Å². The molecule has 0 spiro atoms. The maximum atomic E-state index is 5.14. The second-order valence-electron chi connectivity index (χ2n) is 5.50. The molecule has 0 aliphatic carbocycles. The van der Waals surface area contributed by atoms with Crippen molar-refractivity contribution >= 4 is 5.82 Å². The van der Waals surface area contributed by atoms with Crippen LogP contribution < -0.4 is 4.90 Å². The van der Waals surface area contributed by atoms with Crippen molar-refractivity contribution in [3.63, 3.8) is 0 Å². The van der Waals surface area contributed by atoms with Crippen LogP contribution in [0.5, 0.6) is 0 Å². The minimum atomic E-state index is 0.776. The number of aromatic nitrogens is 2. The maximum absolute atomic E-state index is 5.14. The van der Waals surface area contributed by atoms with Crippen LogP contribution in [0.25, 0.3) is 0 Å². The number of anilines is 1. The number of rotatable bonds is 5. The van der Waals surface area contributed by atoms with Gasteiger partial charge in [0.25, 0.3) is 0 Å². The smallest absolute Gasteiger partial charge is 0.135 e. The van der Waals surface area contributed by atoms with Gasteiger partial charge in [0, 0.05) is 38.1 Å². The number of nitrogens with zero attached hydrogens (tertiary/aromatic N) is 3. The van der Waals surface area contributed by atoms with Crippen LogP contribution in [0.3, 0.4) is 0 Å². The zero-order valence-corrected chi connectivity index (χ0v) is 12.4. The summed E-state index contributed by atoms with van der Waals surface area (Å²) in [5.41, 5.74) is 2.31. The summed E-state index contributed by atoms with van der Waals surface area (Å²) in [7, 11) is 1.78. The summed E-state index contributed by atoms with van der Waals surface area (Å²) in [6, 6.07) is 0. The normalized spacial score (nSPS) is 19.7. The van der Waals surface area contributed by atoms with Crippen LogP contribution >= 0.6 is 0 Å². The molecule has 0 bridgehead atoms. The molecule has 1 unspecified atom stereocenters. The molecule has 1 fully saturated rings. The summed E-state index contributed by atoms with van der Waals surface area (Å²) in [5.74, 6) is 1.91. The fourth-order valence-corrected chi connectivity index (χ4v) is 2.85. The topological polar surface area (TPSA) is 38.2 Å². The molecule has 1 aliphatic rings. The molecule has 0 radical (unpaired) electrons. The molecule has 106 valence electrons. The standard InChI is InChI=1S/C15H25N3O/c1-12-13(2)16-11-17-15(12)18-8-4-6-14(10-18)7-5-9-19-3/h11,14H,4-10H2,1-3H3. The molecule has 1 saturated heterocycles. The Morgan fingerprint density at radius 1 is 1.37 bits per heavy atom. The SMILES string of the molecule is COCCCC1CCCN(c2ncnc(C)c2C)C1. The minimum absolute atomic E-state index is 0.776. The Balaban J connectivity index is 1.98. The number of piperidine rings is 1. The van der Waals surface area contributed by atoms with Crippen LogP contribution in [-0.2, 0) is 4.74 Å². The summed E-state index contributed by atoms with van der Waals surface area (Å²) in [6.07, 6.45) is 6.71. The second kappa shape index (κ2) is 6.85. The van der Waals surface area contributed by atoms with E-state index in [1.54, 1.807) is 13.4 Å². The van der Waals surface area contributed by atoms with Gasteiger partial charge in [0.1, 0.15) is 12.1 Å². The third-order valence-corrected chi connectivity index (χ3v) is 4.09. The van der Waals surface area contributed by atoms with Crippen molar-refractivity contribution in [3.05, 3.63) is 17.6 Å². The van der Waals surface area contributed by atoms with Gasteiger partial charge in [-0.05, 0) is 45.4 Å². The number of ether oxygens (including phenoxy) is 1. The molecular formula is C15H25N3O. The van der Waals surface area contributed by atoms with E-state index in [0.29, 0.717) is 0 Å². The Labute approximate surface area is 116 Å². The van der Waals surface area contributed by atoms with Gasteiger partial charge in [-0.2, -0.15) is 0 Å². The molecule has 1 aromatic heterocycles. The predicted molar refractivity (Wildman–Crippen MR) is 77.6 cm³/mol. The summed E-state index contributed by atoms with van der Waals surface area (Å²) in [5, 5.41) is 0. The molecule has 0 amide bonds. The van der Waals surface area contributed by atoms with Crippen LogP contribution in [0.1, 0.15) is 36.9 Å². The Bertz CT molecular complexity index is 408. The summed E-state index contributed by atoms with van der Waals surface area (Å²) >= 11 is 0. The first-order chi connectivity index (χ1) is 9.22. The molecule has 19 heavy (non-hydrogen) atoms. The van der Waals surface area contributed by atoms with Gasteiger partial charge in [0.15, 0.2) is 0 Å². The molecule has 4 heteroatoms. The van der Waals surface area contributed by atoms with Gasteiger partial charge in [0.05, 0.1) is 0 Å². The molecule has 4 nitrogen and oxygen atoms in total. The molecular weight excluding hydrogens is 238 g/mol. The summed E-state index contributed by atoms with van der Waals surface area (Å²) in [4.78, 5) is 11.2. The second-order valence-corrected chi connectivity index (χ2v) is 5.50. The fourth-order valence-electron chi connectivity index (χ4n) is 2.85. The number of aryl methyl sites for hydroxylation is 1. The first-order valence-electron chi connectivity index (χ1n) is 7.24. The monoisotopic (exact) mass is 263 g/mol. The van der Waals surface area contributed by atoms with E-state index in [0.717, 1.165) is 43.5 Å². The number of hydrogen-bond acceptors (Lipinski definition) is 4. The maximum Gasteiger partial charge on any atom is 0.135 e. The number of hydrogen-bond donors (Lipinski definition) is 0. The van der Waals surface area contributed by atoms with E-state index in [2.05, 4.69) is 28.7 Å². The molecule has 1 aromatic rings. The third-order valence-electron chi connectivity index (χ3n) is 4.09. The van der Waals surface area contributed by atoms with Gasteiger partial charge in [0.2, 0.25) is 0 Å². The highest BCUT2D eigenvalue weighted by atomic mass is 16.5. The quantitative estimate of drug-likeness (QED) is 0.766. The average Bonchev–Trinajstić information content (AvgIpc) is 2.43. The van der Waals surface area contributed by atoms with Gasteiger partial charge in [-0.25, -0.2) is 9.97 Å². The summed E-state index contributed by atoms with van der Waals surface area (Å²) in [6.45, 7) is 7.31. The predicted octanol–water partition coefficient (Wildman–Crippen LogP) is 2.74. The molecule has 0 saturated carbocycles. The van der Waals surface area contributed by atoms with Crippen LogP contribution in [0.2, 0.25) is 0 Å². The lowest BCUT2D eigenvalue weighted by molar-refractivity contribution is 0.184. The summed E-state index contributed by atoms with van der Waals surface area (Å²) < 4.78 is 5.14. The molecule has 1 atom stereocenters. The molecule has 0 N–H and O–H groups in total. The fraction of sp³-hybridized carbons (Fsp3) is 0.733. The van der Waals surface area contributed by atoms with Crippen molar-refractivity contribution in [2.45, 2.75) is 39.5 Å². The van der Waals surface area contributed by atoms with Gasteiger partial charge in [-0.15, -0.1) is 0 Å². The lowest BCUT2D eigenvalue weighted by Crippen LogP contribution is -2.36. The highest BCUT2D eigenvalue weighted by Crippen LogP contribution is 2.27. The lowest BCUT2D eigenvalue weighted by atomic mass is 9.93. The Kier molecular flexibility index (Phi) is 5.14. The van der Waals surface area contributed by atoms with Crippen molar-refractivity contribution < 1.29 is 4.74 Å². The van der Waals surface area contributed by atoms with Crippen LogP contribution in [0.15, 0.2) is 6.33 Å². The van der Waals surface area contributed by atoms with E-state index in [4.69, 9.17) is 4.74 Å². The van der Waals surface area contributed by atoms with E-state index in [1.807, 2.05) is 0 Å². The van der Waals surface area contributed by atoms with Gasteiger partial charge >= 0.3 is 0 Å². The van der Waals surface area contributed by atoms with Gasteiger partial charge < -0.3 is 9.64 Å². The molecule has 0 aromatic carbocycles. The largest absolute Gasteiger partial charge is 0.385 e. The third kappa shape index (κ3) is 3.66. The lowest BCUT2D eigenvalue weighted by Gasteiger charge is -2.34.